The van der Waals surface area contributed by atoms with E-state index in [4.69, 9.17) is 5.73 Å². The maximum Gasteiger partial charge on any atom is 0.0102 e. The minimum Gasteiger partial charge on any atom is -0.330 e. The zero-order valence-corrected chi connectivity index (χ0v) is 12.0. The molecule has 1 aromatic rings. The van der Waals surface area contributed by atoms with Gasteiger partial charge in [-0.05, 0) is 57.5 Å². The van der Waals surface area contributed by atoms with Gasteiger partial charge < -0.3 is 10.6 Å². The normalized spacial score (nSPS) is 20.0. The molecular weight excluding hydrogens is 220 g/mol. The number of aryl methyl sites for hydroxylation is 2. The van der Waals surface area contributed by atoms with Crippen molar-refractivity contribution in [1.29, 1.82) is 0 Å². The number of hydrogen-bond donors (Lipinski definition) is 1. The molecule has 18 heavy (non-hydrogen) atoms. The highest BCUT2D eigenvalue weighted by molar-refractivity contribution is 5.37. The summed E-state index contributed by atoms with van der Waals surface area (Å²) in [5.41, 5.74) is 10.6. The van der Waals surface area contributed by atoms with Crippen molar-refractivity contribution in [3.8, 4) is 0 Å². The van der Waals surface area contributed by atoms with Gasteiger partial charge in [0.1, 0.15) is 0 Å². The highest BCUT2D eigenvalue weighted by atomic mass is 15.1. The third-order valence-corrected chi connectivity index (χ3v) is 4.60. The lowest BCUT2D eigenvalue weighted by molar-refractivity contribution is 0.168. The number of likely N-dealkylation sites (tertiary alicyclic amines) is 1. The van der Waals surface area contributed by atoms with Crippen molar-refractivity contribution in [1.82, 2.24) is 4.90 Å². The fourth-order valence-electron chi connectivity index (χ4n) is 3.29. The molecule has 1 fully saturated rings. The Morgan fingerprint density at radius 3 is 2.39 bits per heavy atom. The first-order valence-electron chi connectivity index (χ1n) is 7.11. The van der Waals surface area contributed by atoms with E-state index in [2.05, 4.69) is 43.9 Å². The third kappa shape index (κ3) is 2.45. The van der Waals surface area contributed by atoms with Gasteiger partial charge in [-0.15, -0.1) is 0 Å². The van der Waals surface area contributed by atoms with Gasteiger partial charge in [0.2, 0.25) is 0 Å². The van der Waals surface area contributed by atoms with E-state index in [-0.39, 0.29) is 5.41 Å². The van der Waals surface area contributed by atoms with Gasteiger partial charge in [0.25, 0.3) is 0 Å². The van der Waals surface area contributed by atoms with Gasteiger partial charge in [0.05, 0.1) is 0 Å². The van der Waals surface area contributed by atoms with Gasteiger partial charge >= 0.3 is 0 Å². The predicted octanol–water partition coefficient (Wildman–Crippen LogP) is 2.62. The van der Waals surface area contributed by atoms with Crippen LogP contribution in [0.5, 0.6) is 0 Å². The largest absolute Gasteiger partial charge is 0.330 e. The highest BCUT2D eigenvalue weighted by Gasteiger charge is 2.35. The van der Waals surface area contributed by atoms with Crippen molar-refractivity contribution >= 4 is 0 Å². The zero-order chi connectivity index (χ0) is 13.2. The van der Waals surface area contributed by atoms with Crippen LogP contribution in [0.1, 0.15) is 36.5 Å². The van der Waals surface area contributed by atoms with E-state index in [1.807, 2.05) is 0 Å². The molecule has 2 nitrogen and oxygen atoms in total. The number of nitrogens with two attached hydrogens (primary N) is 1. The average molecular weight is 246 g/mol. The van der Waals surface area contributed by atoms with E-state index in [9.17, 15) is 0 Å². The van der Waals surface area contributed by atoms with E-state index >= 15 is 0 Å². The molecule has 0 spiro atoms. The first-order chi connectivity index (χ1) is 8.61. The van der Waals surface area contributed by atoms with E-state index in [1.54, 1.807) is 0 Å². The Morgan fingerprint density at radius 2 is 1.89 bits per heavy atom. The molecule has 2 N–H and O–H groups in total. The van der Waals surface area contributed by atoms with Crippen molar-refractivity contribution in [2.24, 2.45) is 5.73 Å². The lowest BCUT2D eigenvalue weighted by Gasteiger charge is -2.42. The summed E-state index contributed by atoms with van der Waals surface area (Å²) in [5.74, 6) is 0. The molecule has 0 unspecified atom stereocenters. The first-order valence-corrected chi connectivity index (χ1v) is 7.11. The first kappa shape index (κ1) is 13.6. The van der Waals surface area contributed by atoms with E-state index in [0.29, 0.717) is 0 Å². The van der Waals surface area contributed by atoms with Crippen LogP contribution in [-0.2, 0) is 5.41 Å². The maximum absolute atomic E-state index is 6.15. The fourth-order valence-corrected chi connectivity index (χ4v) is 3.29. The minimum absolute atomic E-state index is 0.212. The number of nitrogens with zero attached hydrogens (tertiary/aromatic N) is 1. The zero-order valence-electron chi connectivity index (χ0n) is 12.0. The summed E-state index contributed by atoms with van der Waals surface area (Å²) in [6.07, 6.45) is 2.39. The number of rotatable bonds is 3. The van der Waals surface area contributed by atoms with Crippen LogP contribution in [0.3, 0.4) is 0 Å². The van der Waals surface area contributed by atoms with Crippen molar-refractivity contribution in [3.05, 3.63) is 34.9 Å². The van der Waals surface area contributed by atoms with Crippen molar-refractivity contribution in [2.45, 2.75) is 39.0 Å². The summed E-state index contributed by atoms with van der Waals surface area (Å²) in [4.78, 5) is 2.53. The molecular formula is C16H26N2. The van der Waals surface area contributed by atoms with Crippen LogP contribution < -0.4 is 5.73 Å². The summed E-state index contributed by atoms with van der Waals surface area (Å²) in [7, 11) is 0. The van der Waals surface area contributed by atoms with Crippen molar-refractivity contribution in [2.75, 3.05) is 26.2 Å². The second kappa shape index (κ2) is 5.41. The second-order valence-electron chi connectivity index (χ2n) is 5.74. The van der Waals surface area contributed by atoms with Crippen LogP contribution in [0.15, 0.2) is 18.2 Å². The average Bonchev–Trinajstić information content (AvgIpc) is 2.39. The summed E-state index contributed by atoms with van der Waals surface area (Å²) < 4.78 is 0. The molecule has 2 heteroatoms. The van der Waals surface area contributed by atoms with Crippen LogP contribution in [0.2, 0.25) is 0 Å². The van der Waals surface area contributed by atoms with Gasteiger partial charge in [0.15, 0.2) is 0 Å². The molecule has 1 aliphatic heterocycles. The Kier molecular flexibility index (Phi) is 4.08. The van der Waals surface area contributed by atoms with Crippen LogP contribution >= 0.6 is 0 Å². The van der Waals surface area contributed by atoms with Crippen LogP contribution in [-0.4, -0.2) is 31.1 Å². The Hall–Kier alpha value is -0.860. The predicted molar refractivity (Wildman–Crippen MR) is 78.0 cm³/mol. The molecule has 1 aromatic carbocycles. The Morgan fingerprint density at radius 1 is 1.22 bits per heavy atom. The van der Waals surface area contributed by atoms with E-state index in [0.717, 1.165) is 13.1 Å². The summed E-state index contributed by atoms with van der Waals surface area (Å²) in [5, 5.41) is 0. The summed E-state index contributed by atoms with van der Waals surface area (Å²) >= 11 is 0. The standard InChI is InChI=1S/C16H26N2/c1-4-18-9-7-16(12-17,8-10-18)15-6-5-13(2)11-14(15)3/h5-6,11H,4,7-10,12,17H2,1-3H3. The second-order valence-corrected chi connectivity index (χ2v) is 5.74. The van der Waals surface area contributed by atoms with E-state index < -0.39 is 0 Å². The summed E-state index contributed by atoms with van der Waals surface area (Å²) in [6, 6.07) is 6.82. The minimum atomic E-state index is 0.212. The van der Waals surface area contributed by atoms with Crippen LogP contribution in [0, 0.1) is 13.8 Å². The smallest absolute Gasteiger partial charge is 0.0102 e. The Labute approximate surface area is 111 Å². The van der Waals surface area contributed by atoms with E-state index in [1.165, 1.54) is 42.6 Å². The number of benzene rings is 1. The van der Waals surface area contributed by atoms with Gasteiger partial charge in [0, 0.05) is 12.0 Å². The third-order valence-electron chi connectivity index (χ3n) is 4.60. The van der Waals surface area contributed by atoms with Gasteiger partial charge in [-0.25, -0.2) is 0 Å². The fraction of sp³-hybridized carbons (Fsp3) is 0.625. The Balaban J connectivity index is 2.28. The molecule has 0 saturated carbocycles. The quantitative estimate of drug-likeness (QED) is 0.888. The highest BCUT2D eigenvalue weighted by Crippen LogP contribution is 2.36. The molecule has 1 saturated heterocycles. The van der Waals surface area contributed by atoms with Crippen molar-refractivity contribution < 1.29 is 0 Å². The molecule has 0 aromatic heterocycles. The number of piperidine rings is 1. The lowest BCUT2D eigenvalue weighted by Crippen LogP contribution is -2.47. The number of hydrogen-bond acceptors (Lipinski definition) is 2. The van der Waals surface area contributed by atoms with Gasteiger partial charge in [-0.3, -0.25) is 0 Å². The van der Waals surface area contributed by atoms with Crippen LogP contribution in [0.25, 0.3) is 0 Å². The van der Waals surface area contributed by atoms with Crippen LogP contribution in [0.4, 0.5) is 0 Å². The molecule has 0 aliphatic carbocycles. The molecule has 0 atom stereocenters. The molecule has 0 radical (unpaired) electrons. The topological polar surface area (TPSA) is 29.3 Å². The monoisotopic (exact) mass is 246 g/mol. The molecule has 0 bridgehead atoms. The molecule has 2 rings (SSSR count). The van der Waals surface area contributed by atoms with Gasteiger partial charge in [-0.1, -0.05) is 30.7 Å². The molecule has 0 amide bonds. The molecule has 100 valence electrons. The van der Waals surface area contributed by atoms with Gasteiger partial charge in [-0.2, -0.15) is 0 Å². The summed E-state index contributed by atoms with van der Waals surface area (Å²) in [6.45, 7) is 10.9. The maximum atomic E-state index is 6.15. The molecule has 1 aliphatic rings. The molecule has 1 heterocycles. The lowest BCUT2D eigenvalue weighted by atomic mass is 9.71. The SMILES string of the molecule is CCN1CCC(CN)(c2ccc(C)cc2C)CC1. The van der Waals surface area contributed by atoms with Crippen molar-refractivity contribution in [3.63, 3.8) is 0 Å². The Bertz CT molecular complexity index is 404.